The maximum absolute atomic E-state index is 5.63. The van der Waals surface area contributed by atoms with E-state index in [1.54, 1.807) is 25.1 Å². The average molecular weight is 398 g/mol. The lowest BCUT2D eigenvalue weighted by Crippen LogP contribution is -2.02. The summed E-state index contributed by atoms with van der Waals surface area (Å²) in [5, 5.41) is 11.6. The second-order valence-electron chi connectivity index (χ2n) is 5.85. The molecule has 0 saturated heterocycles. The Hall–Kier alpha value is -3.13. The van der Waals surface area contributed by atoms with Crippen LogP contribution in [0.1, 0.15) is 23.9 Å². The van der Waals surface area contributed by atoms with Crippen LogP contribution < -0.4 is 14.2 Å². The molecule has 28 heavy (non-hydrogen) atoms. The summed E-state index contributed by atoms with van der Waals surface area (Å²) in [5.41, 5.74) is 1.91. The molecule has 0 bridgehead atoms. The van der Waals surface area contributed by atoms with Gasteiger partial charge in [-0.2, -0.15) is 14.9 Å². The number of rotatable bonds is 8. The van der Waals surface area contributed by atoms with Crippen LogP contribution in [0, 0.1) is 4.77 Å². The number of aromatic amines is 1. The number of nitrogens with one attached hydrogen (secondary N) is 1. The molecule has 146 valence electrons. The summed E-state index contributed by atoms with van der Waals surface area (Å²) in [6, 6.07) is 13.7. The average Bonchev–Trinajstić information content (AvgIpc) is 3.07. The Kier molecular flexibility index (Phi) is 6.44. The smallest absolute Gasteiger partial charge is 0.216 e. The van der Waals surface area contributed by atoms with Crippen LogP contribution in [-0.4, -0.2) is 41.9 Å². The van der Waals surface area contributed by atoms with E-state index in [9.17, 15) is 0 Å². The van der Waals surface area contributed by atoms with E-state index in [0.717, 1.165) is 17.0 Å². The molecule has 0 fully saturated rings. The Morgan fingerprint density at radius 3 is 2.43 bits per heavy atom. The molecule has 0 aliphatic heterocycles. The van der Waals surface area contributed by atoms with Crippen LogP contribution in [0.2, 0.25) is 0 Å². The number of hydrogen-bond donors (Lipinski definition) is 1. The molecule has 0 atom stereocenters. The molecule has 0 spiro atoms. The van der Waals surface area contributed by atoms with Crippen molar-refractivity contribution in [3.63, 3.8) is 0 Å². The third-order valence-electron chi connectivity index (χ3n) is 4.02. The van der Waals surface area contributed by atoms with Crippen molar-refractivity contribution in [3.05, 3.63) is 64.2 Å². The summed E-state index contributed by atoms with van der Waals surface area (Å²) in [4.78, 5) is 0. The highest BCUT2D eigenvalue weighted by Crippen LogP contribution is 2.38. The summed E-state index contributed by atoms with van der Waals surface area (Å²) in [5.74, 6) is 2.43. The Balaban J connectivity index is 1.92. The number of hydrogen-bond acceptors (Lipinski definition) is 6. The Morgan fingerprint density at radius 1 is 1.14 bits per heavy atom. The van der Waals surface area contributed by atoms with Crippen LogP contribution in [0.25, 0.3) is 0 Å². The fourth-order valence-corrected chi connectivity index (χ4v) is 2.92. The van der Waals surface area contributed by atoms with Gasteiger partial charge in [-0.05, 0) is 36.8 Å². The normalized spacial score (nSPS) is 11.0. The topological polar surface area (TPSA) is 73.7 Å². The van der Waals surface area contributed by atoms with E-state index in [1.807, 2.05) is 49.4 Å². The summed E-state index contributed by atoms with van der Waals surface area (Å²) in [6.07, 6.45) is 2.29. The molecular weight excluding hydrogens is 376 g/mol. The molecule has 0 saturated carbocycles. The molecule has 1 aromatic heterocycles. The monoisotopic (exact) mass is 398 g/mol. The Labute approximate surface area is 168 Å². The van der Waals surface area contributed by atoms with Gasteiger partial charge in [-0.15, -0.1) is 0 Å². The van der Waals surface area contributed by atoms with Crippen molar-refractivity contribution >= 4 is 18.4 Å². The molecular formula is C20H22N4O3S. The molecule has 1 heterocycles. The quantitative estimate of drug-likeness (QED) is 0.461. The third kappa shape index (κ3) is 4.40. The third-order valence-corrected chi connectivity index (χ3v) is 4.28. The molecule has 2 aromatic carbocycles. The SMILES string of the molecule is CCOc1c(OC)cc(/C=N\n2c(Cc3ccccc3)n[nH]c2=S)cc1OC. The largest absolute Gasteiger partial charge is 0.493 e. The Bertz CT molecular complexity index is 987. The zero-order valence-electron chi connectivity index (χ0n) is 16.0. The lowest BCUT2D eigenvalue weighted by atomic mass is 10.1. The van der Waals surface area contributed by atoms with Crippen molar-refractivity contribution in [2.45, 2.75) is 13.3 Å². The highest BCUT2D eigenvalue weighted by Gasteiger charge is 2.13. The van der Waals surface area contributed by atoms with Crippen molar-refractivity contribution in [1.82, 2.24) is 14.9 Å². The number of methoxy groups -OCH3 is 2. The van der Waals surface area contributed by atoms with E-state index >= 15 is 0 Å². The van der Waals surface area contributed by atoms with Crippen molar-refractivity contribution in [3.8, 4) is 17.2 Å². The van der Waals surface area contributed by atoms with Crippen LogP contribution in [0.3, 0.4) is 0 Å². The van der Waals surface area contributed by atoms with E-state index < -0.39 is 0 Å². The minimum Gasteiger partial charge on any atom is -0.493 e. The molecule has 0 aliphatic rings. The van der Waals surface area contributed by atoms with E-state index in [0.29, 0.717) is 35.0 Å². The minimum atomic E-state index is 0.423. The molecule has 0 aliphatic carbocycles. The molecule has 0 unspecified atom stereocenters. The molecule has 0 amide bonds. The molecule has 8 heteroatoms. The lowest BCUT2D eigenvalue weighted by molar-refractivity contribution is 0.288. The minimum absolute atomic E-state index is 0.423. The zero-order valence-corrected chi connectivity index (χ0v) is 16.8. The van der Waals surface area contributed by atoms with Gasteiger partial charge in [0, 0.05) is 12.0 Å². The summed E-state index contributed by atoms with van der Waals surface area (Å²) in [7, 11) is 3.17. The number of nitrogens with zero attached hydrogens (tertiary/aromatic N) is 3. The van der Waals surface area contributed by atoms with Gasteiger partial charge in [-0.25, -0.2) is 0 Å². The van der Waals surface area contributed by atoms with E-state index in [-0.39, 0.29) is 0 Å². The van der Waals surface area contributed by atoms with Gasteiger partial charge in [0.1, 0.15) is 0 Å². The van der Waals surface area contributed by atoms with E-state index in [4.69, 9.17) is 26.4 Å². The molecule has 7 nitrogen and oxygen atoms in total. The van der Waals surface area contributed by atoms with Gasteiger partial charge >= 0.3 is 0 Å². The van der Waals surface area contributed by atoms with Gasteiger partial charge in [-0.1, -0.05) is 30.3 Å². The first kappa shape index (κ1) is 19.6. The first-order chi connectivity index (χ1) is 13.7. The van der Waals surface area contributed by atoms with Gasteiger partial charge in [0.25, 0.3) is 0 Å². The first-order valence-corrected chi connectivity index (χ1v) is 9.20. The molecule has 0 radical (unpaired) electrons. The van der Waals surface area contributed by atoms with Crippen molar-refractivity contribution < 1.29 is 14.2 Å². The first-order valence-electron chi connectivity index (χ1n) is 8.79. The van der Waals surface area contributed by atoms with E-state index in [1.165, 1.54) is 0 Å². The van der Waals surface area contributed by atoms with Gasteiger partial charge in [0.05, 0.1) is 27.0 Å². The van der Waals surface area contributed by atoms with E-state index in [2.05, 4.69) is 15.3 Å². The van der Waals surface area contributed by atoms with Gasteiger partial charge in [0.15, 0.2) is 17.3 Å². The Morgan fingerprint density at radius 2 is 1.82 bits per heavy atom. The molecule has 3 rings (SSSR count). The lowest BCUT2D eigenvalue weighted by Gasteiger charge is -2.14. The van der Waals surface area contributed by atoms with Crippen LogP contribution in [0.5, 0.6) is 17.2 Å². The highest BCUT2D eigenvalue weighted by atomic mass is 32.1. The number of H-pyrrole nitrogens is 1. The molecule has 3 aromatic rings. The fourth-order valence-electron chi connectivity index (χ4n) is 2.72. The number of aromatic nitrogens is 3. The highest BCUT2D eigenvalue weighted by molar-refractivity contribution is 7.71. The van der Waals surface area contributed by atoms with Gasteiger partial charge in [-0.3, -0.25) is 5.10 Å². The van der Waals surface area contributed by atoms with Crippen molar-refractivity contribution in [2.24, 2.45) is 5.10 Å². The van der Waals surface area contributed by atoms with Crippen molar-refractivity contribution in [1.29, 1.82) is 0 Å². The van der Waals surface area contributed by atoms with Crippen LogP contribution in [-0.2, 0) is 6.42 Å². The zero-order chi connectivity index (χ0) is 19.9. The maximum Gasteiger partial charge on any atom is 0.216 e. The summed E-state index contributed by atoms with van der Waals surface area (Å²) in [6.45, 7) is 2.41. The second-order valence-corrected chi connectivity index (χ2v) is 6.24. The second kappa shape index (κ2) is 9.18. The van der Waals surface area contributed by atoms with Crippen LogP contribution >= 0.6 is 12.2 Å². The van der Waals surface area contributed by atoms with Crippen LogP contribution in [0.15, 0.2) is 47.6 Å². The standard InChI is InChI=1S/C20H22N4O3S/c1-4-27-19-16(25-2)10-15(11-17(19)26-3)13-21-24-18(22-23-20(24)28)12-14-8-6-5-7-9-14/h5-11,13H,4,12H2,1-3H3,(H,23,28)/b21-13-. The fraction of sp³-hybridized carbons (Fsp3) is 0.250. The summed E-state index contributed by atoms with van der Waals surface area (Å²) >= 11 is 5.32. The summed E-state index contributed by atoms with van der Waals surface area (Å²) < 4.78 is 18.5. The van der Waals surface area contributed by atoms with Gasteiger partial charge < -0.3 is 14.2 Å². The van der Waals surface area contributed by atoms with Crippen LogP contribution in [0.4, 0.5) is 0 Å². The predicted octanol–water partition coefficient (Wildman–Crippen LogP) is 3.83. The maximum atomic E-state index is 5.63. The predicted molar refractivity (Wildman–Crippen MR) is 110 cm³/mol. The van der Waals surface area contributed by atoms with Gasteiger partial charge in [0.2, 0.25) is 10.5 Å². The number of benzene rings is 2. The number of ether oxygens (including phenoxy) is 3. The van der Waals surface area contributed by atoms with Crippen molar-refractivity contribution in [2.75, 3.05) is 20.8 Å². The molecule has 1 N–H and O–H groups in total.